The van der Waals surface area contributed by atoms with Crippen molar-refractivity contribution in [3.05, 3.63) is 85.0 Å². The van der Waals surface area contributed by atoms with Crippen LogP contribution in [-0.2, 0) is 0 Å². The van der Waals surface area contributed by atoms with Crippen LogP contribution in [0, 0.1) is 6.92 Å². The first-order chi connectivity index (χ1) is 11.1. The minimum Gasteiger partial charge on any atom is -0.313 e. The molecule has 114 valence electrons. The lowest BCUT2D eigenvalue weighted by molar-refractivity contribution is 0.106. The third kappa shape index (κ3) is 3.70. The zero-order valence-electron chi connectivity index (χ0n) is 12.4. The van der Waals surface area contributed by atoms with Crippen molar-refractivity contribution in [1.29, 1.82) is 0 Å². The molecule has 0 saturated carbocycles. The van der Waals surface area contributed by atoms with Crippen LogP contribution < -0.4 is 14.8 Å². The average molecular weight is 322 g/mol. The molecule has 4 nitrogen and oxygen atoms in total. The molecule has 1 N–H and O–H groups in total. The van der Waals surface area contributed by atoms with E-state index < -0.39 is 0 Å². The van der Waals surface area contributed by atoms with E-state index in [1.54, 1.807) is 30.6 Å². The van der Waals surface area contributed by atoms with E-state index in [9.17, 15) is 9.59 Å². The van der Waals surface area contributed by atoms with E-state index in [2.05, 4.69) is 9.97 Å². The second-order valence-electron chi connectivity index (χ2n) is 5.09. The number of Topliss-reactive ketones (excluding diaryl/α,β-unsaturated/α-hetero) is 1. The van der Waals surface area contributed by atoms with Crippen LogP contribution >= 0.6 is 11.3 Å². The van der Waals surface area contributed by atoms with Gasteiger partial charge in [-0.05, 0) is 24.6 Å². The van der Waals surface area contributed by atoms with Crippen molar-refractivity contribution < 1.29 is 4.79 Å². The zero-order chi connectivity index (χ0) is 16.2. The summed E-state index contributed by atoms with van der Waals surface area (Å²) in [5.74, 6) is -0.129. The smallest absolute Gasteiger partial charge is 0.266 e. The highest BCUT2D eigenvalue weighted by Crippen LogP contribution is 2.04. The number of pyridine rings is 1. The van der Waals surface area contributed by atoms with E-state index >= 15 is 0 Å². The molecule has 3 aromatic rings. The number of carbonyl (C=O) groups is 1. The Hall–Kier alpha value is -2.79. The van der Waals surface area contributed by atoms with E-state index in [1.165, 1.54) is 17.4 Å². The summed E-state index contributed by atoms with van der Waals surface area (Å²) < 4.78 is 1.08. The Morgan fingerprint density at radius 2 is 2.00 bits per heavy atom. The fourth-order valence-corrected chi connectivity index (χ4v) is 2.94. The Kier molecular flexibility index (Phi) is 4.30. The van der Waals surface area contributed by atoms with Gasteiger partial charge in [-0.3, -0.25) is 14.6 Å². The number of nitrogens with zero attached hydrogens (tertiary/aromatic N) is 1. The number of hydrogen-bond acceptors (Lipinski definition) is 4. The van der Waals surface area contributed by atoms with Crippen molar-refractivity contribution >= 4 is 29.3 Å². The van der Waals surface area contributed by atoms with E-state index in [4.69, 9.17) is 0 Å². The lowest BCUT2D eigenvalue weighted by Gasteiger charge is -1.95. The molecule has 0 spiro atoms. The SMILES string of the molecule is Cc1ccc(C(=O)C=c2[nH]c(=O)c(=Cc3cccnc3)s2)cc1. The van der Waals surface area contributed by atoms with Crippen LogP contribution in [0.5, 0.6) is 0 Å². The molecule has 0 aliphatic heterocycles. The maximum atomic E-state index is 12.2. The maximum Gasteiger partial charge on any atom is 0.266 e. The van der Waals surface area contributed by atoms with Crippen molar-refractivity contribution in [3.63, 3.8) is 0 Å². The molecule has 0 aliphatic carbocycles. The molecule has 1 aromatic carbocycles. The van der Waals surface area contributed by atoms with Gasteiger partial charge in [0.2, 0.25) is 0 Å². The van der Waals surface area contributed by atoms with Crippen molar-refractivity contribution in [2.24, 2.45) is 0 Å². The molecule has 0 fully saturated rings. The van der Waals surface area contributed by atoms with Crippen LogP contribution in [0.1, 0.15) is 21.5 Å². The number of hydrogen-bond donors (Lipinski definition) is 1. The van der Waals surface area contributed by atoms with Gasteiger partial charge < -0.3 is 4.98 Å². The van der Waals surface area contributed by atoms with E-state index in [0.29, 0.717) is 14.8 Å². The standard InChI is InChI=1S/C18H14N2O2S/c1-12-4-6-14(7-5-12)15(21)10-17-20-18(22)16(23-17)9-13-3-2-8-19-11-13/h2-11H,1H3,(H,20,22). The second kappa shape index (κ2) is 6.54. The number of benzene rings is 1. The molecule has 0 aliphatic rings. The van der Waals surface area contributed by atoms with Gasteiger partial charge in [-0.25, -0.2) is 0 Å². The van der Waals surface area contributed by atoms with E-state index in [0.717, 1.165) is 11.1 Å². The number of ketones is 1. The highest BCUT2D eigenvalue weighted by molar-refractivity contribution is 7.07. The Balaban J connectivity index is 1.97. The summed E-state index contributed by atoms with van der Waals surface area (Å²) in [4.78, 5) is 30.9. The summed E-state index contributed by atoms with van der Waals surface area (Å²) in [6.07, 6.45) is 6.57. The molecule has 0 bridgehead atoms. The molecule has 2 heterocycles. The van der Waals surface area contributed by atoms with Crippen molar-refractivity contribution in [2.75, 3.05) is 0 Å². The van der Waals surface area contributed by atoms with Gasteiger partial charge in [-0.1, -0.05) is 35.9 Å². The molecular weight excluding hydrogens is 308 g/mol. The Labute approximate surface area is 136 Å². The van der Waals surface area contributed by atoms with Crippen LogP contribution in [0.4, 0.5) is 0 Å². The molecule has 0 radical (unpaired) electrons. The minimum atomic E-state index is -0.207. The second-order valence-corrected chi connectivity index (χ2v) is 6.17. The van der Waals surface area contributed by atoms with Crippen LogP contribution in [0.15, 0.2) is 53.6 Å². The lowest BCUT2D eigenvalue weighted by atomic mass is 10.1. The van der Waals surface area contributed by atoms with Crippen molar-refractivity contribution in [3.8, 4) is 0 Å². The largest absolute Gasteiger partial charge is 0.313 e. The predicted octanol–water partition coefficient (Wildman–Crippen LogP) is 1.63. The molecular formula is C18H14N2O2S. The Bertz CT molecular complexity index is 1000. The van der Waals surface area contributed by atoms with Crippen LogP contribution in [0.2, 0.25) is 0 Å². The number of H-pyrrole nitrogens is 1. The van der Waals surface area contributed by atoms with Gasteiger partial charge in [0.05, 0.1) is 9.20 Å². The number of nitrogens with one attached hydrogen (secondary N) is 1. The van der Waals surface area contributed by atoms with Crippen LogP contribution in [0.3, 0.4) is 0 Å². The van der Waals surface area contributed by atoms with Crippen molar-refractivity contribution in [1.82, 2.24) is 9.97 Å². The predicted molar refractivity (Wildman–Crippen MR) is 92.0 cm³/mol. The number of rotatable bonds is 3. The minimum absolute atomic E-state index is 0.129. The third-order valence-corrected chi connectivity index (χ3v) is 4.22. The molecule has 0 amide bonds. The Morgan fingerprint density at radius 1 is 1.22 bits per heavy atom. The molecule has 5 heteroatoms. The van der Waals surface area contributed by atoms with Gasteiger partial charge >= 0.3 is 0 Å². The number of thiazole rings is 1. The molecule has 3 rings (SSSR count). The lowest BCUT2D eigenvalue weighted by Crippen LogP contribution is -2.20. The summed E-state index contributed by atoms with van der Waals surface area (Å²) in [6.45, 7) is 1.97. The molecule has 23 heavy (non-hydrogen) atoms. The first-order valence-corrected chi connectivity index (χ1v) is 7.87. The van der Waals surface area contributed by atoms with Crippen LogP contribution in [0.25, 0.3) is 12.2 Å². The summed E-state index contributed by atoms with van der Waals surface area (Å²) in [6, 6.07) is 11.0. The fraction of sp³-hybridized carbons (Fsp3) is 0.0556. The highest BCUT2D eigenvalue weighted by atomic mass is 32.1. The topological polar surface area (TPSA) is 62.8 Å². The average Bonchev–Trinajstić information content (AvgIpc) is 2.88. The third-order valence-electron chi connectivity index (χ3n) is 3.26. The normalized spacial score (nSPS) is 12.6. The first-order valence-electron chi connectivity index (χ1n) is 7.05. The summed E-state index contributed by atoms with van der Waals surface area (Å²) >= 11 is 1.25. The first kappa shape index (κ1) is 15.1. The molecule has 0 saturated heterocycles. The number of aryl methyl sites for hydroxylation is 1. The summed E-state index contributed by atoms with van der Waals surface area (Å²) in [5, 5.41) is 0. The van der Waals surface area contributed by atoms with Crippen molar-refractivity contribution in [2.45, 2.75) is 6.92 Å². The van der Waals surface area contributed by atoms with E-state index in [-0.39, 0.29) is 11.3 Å². The van der Waals surface area contributed by atoms with Gasteiger partial charge in [-0.15, -0.1) is 11.3 Å². The molecule has 0 unspecified atom stereocenters. The van der Waals surface area contributed by atoms with Gasteiger partial charge in [0.25, 0.3) is 5.56 Å². The highest BCUT2D eigenvalue weighted by Gasteiger charge is 2.03. The molecule has 2 aromatic heterocycles. The van der Waals surface area contributed by atoms with Crippen LogP contribution in [-0.4, -0.2) is 15.8 Å². The van der Waals surface area contributed by atoms with Gasteiger partial charge in [-0.2, -0.15) is 0 Å². The number of aromatic nitrogens is 2. The number of aromatic amines is 1. The summed E-state index contributed by atoms with van der Waals surface area (Å²) in [5.41, 5.74) is 2.33. The fourth-order valence-electron chi connectivity index (χ4n) is 2.06. The zero-order valence-corrected chi connectivity index (χ0v) is 13.3. The number of carbonyl (C=O) groups excluding carboxylic acids is 1. The van der Waals surface area contributed by atoms with E-state index in [1.807, 2.05) is 31.2 Å². The monoisotopic (exact) mass is 322 g/mol. The van der Waals surface area contributed by atoms with Gasteiger partial charge in [0.15, 0.2) is 5.78 Å². The van der Waals surface area contributed by atoms with Gasteiger partial charge in [0, 0.05) is 24.0 Å². The quantitative estimate of drug-likeness (QED) is 0.746. The molecule has 0 atom stereocenters. The summed E-state index contributed by atoms with van der Waals surface area (Å²) in [7, 11) is 0. The Morgan fingerprint density at radius 3 is 2.70 bits per heavy atom. The van der Waals surface area contributed by atoms with Gasteiger partial charge in [0.1, 0.15) is 0 Å². The maximum absolute atomic E-state index is 12.2.